The highest BCUT2D eigenvalue weighted by molar-refractivity contribution is 7.92. The predicted molar refractivity (Wildman–Crippen MR) is 111 cm³/mol. The Labute approximate surface area is 201 Å². The molecule has 3 rings (SSSR count). The summed E-state index contributed by atoms with van der Waals surface area (Å²) in [6.45, 7) is 1.46. The molecule has 0 atom stereocenters. The van der Waals surface area contributed by atoms with Crippen molar-refractivity contribution in [2.75, 3.05) is 16.2 Å². The highest BCUT2D eigenvalue weighted by atomic mass is 32.2. The standard InChI is InChI=1S/C13H13FN6O2S.2C2HF3O2/c1-2-23(21,22)19-9-5-8(6-17-11(9)14)10-7-18-13-12(15)16-3-4-20(10)13;2*3-2(4,5)1(6)7/h3-7,19H,2H2,1H3,(H2,15,16);2*(H,6,7). The van der Waals surface area contributed by atoms with Gasteiger partial charge in [-0.05, 0) is 13.0 Å². The van der Waals surface area contributed by atoms with E-state index in [0.29, 0.717) is 16.9 Å². The molecule has 0 aromatic carbocycles. The largest absolute Gasteiger partial charge is 0.490 e. The van der Waals surface area contributed by atoms with Crippen molar-refractivity contribution in [2.24, 2.45) is 0 Å². The van der Waals surface area contributed by atoms with Gasteiger partial charge >= 0.3 is 24.3 Å². The summed E-state index contributed by atoms with van der Waals surface area (Å²) < 4.78 is 104. The number of nitrogens with zero attached hydrogens (tertiary/aromatic N) is 4. The Morgan fingerprint density at radius 3 is 2.00 bits per heavy atom. The van der Waals surface area contributed by atoms with Crippen LogP contribution >= 0.6 is 0 Å². The van der Waals surface area contributed by atoms with Crippen LogP contribution in [-0.4, -0.2) is 68.0 Å². The minimum Gasteiger partial charge on any atom is -0.475 e. The van der Waals surface area contributed by atoms with E-state index in [1.54, 1.807) is 10.6 Å². The van der Waals surface area contributed by atoms with E-state index in [1.807, 2.05) is 0 Å². The number of rotatable bonds is 4. The van der Waals surface area contributed by atoms with E-state index in [4.69, 9.17) is 25.5 Å². The first-order valence-electron chi connectivity index (χ1n) is 9.14. The molecule has 12 nitrogen and oxygen atoms in total. The van der Waals surface area contributed by atoms with Gasteiger partial charge in [-0.1, -0.05) is 0 Å². The number of halogens is 7. The number of carbonyl (C=O) groups is 2. The number of carboxylic acids is 2. The molecule has 204 valence electrons. The molecular formula is C17H15F7N6O6S. The summed E-state index contributed by atoms with van der Waals surface area (Å²) in [6.07, 6.45) is -4.20. The fourth-order valence-electron chi connectivity index (χ4n) is 2.05. The van der Waals surface area contributed by atoms with Crippen LogP contribution < -0.4 is 10.5 Å². The molecule has 0 aliphatic rings. The molecule has 0 radical (unpaired) electrons. The van der Waals surface area contributed by atoms with Gasteiger partial charge in [-0.25, -0.2) is 33.0 Å². The van der Waals surface area contributed by atoms with E-state index in [2.05, 4.69) is 19.7 Å². The number of aliphatic carboxylic acids is 2. The quantitative estimate of drug-likeness (QED) is 0.271. The summed E-state index contributed by atoms with van der Waals surface area (Å²) in [5.41, 5.74) is 7.03. The van der Waals surface area contributed by atoms with Crippen LogP contribution in [0.3, 0.4) is 0 Å². The predicted octanol–water partition coefficient (Wildman–Crippen LogP) is 2.54. The molecule has 0 bridgehead atoms. The van der Waals surface area contributed by atoms with Crippen LogP contribution in [0.15, 0.2) is 30.9 Å². The van der Waals surface area contributed by atoms with Gasteiger partial charge in [-0.15, -0.1) is 0 Å². The maximum Gasteiger partial charge on any atom is 0.490 e. The first-order valence-corrected chi connectivity index (χ1v) is 10.8. The highest BCUT2D eigenvalue weighted by Gasteiger charge is 2.38. The molecule has 5 N–H and O–H groups in total. The molecule has 20 heteroatoms. The summed E-state index contributed by atoms with van der Waals surface area (Å²) in [5, 5.41) is 14.2. The summed E-state index contributed by atoms with van der Waals surface area (Å²) >= 11 is 0. The molecule has 0 unspecified atom stereocenters. The maximum absolute atomic E-state index is 13.8. The second kappa shape index (κ2) is 11.7. The van der Waals surface area contributed by atoms with Gasteiger partial charge in [0.25, 0.3) is 0 Å². The molecule has 0 saturated heterocycles. The van der Waals surface area contributed by atoms with Gasteiger partial charge in [0.15, 0.2) is 11.5 Å². The summed E-state index contributed by atoms with van der Waals surface area (Å²) in [7, 11) is -3.61. The molecule has 0 amide bonds. The lowest BCUT2D eigenvalue weighted by Crippen LogP contribution is -2.21. The molecule has 0 aliphatic heterocycles. The monoisotopic (exact) mass is 564 g/mol. The van der Waals surface area contributed by atoms with Gasteiger partial charge in [0.2, 0.25) is 16.0 Å². The summed E-state index contributed by atoms with van der Waals surface area (Å²) in [5.74, 6) is -6.34. The van der Waals surface area contributed by atoms with Crippen molar-refractivity contribution >= 4 is 39.1 Å². The number of sulfonamides is 1. The number of fused-ring (bicyclic) bond motifs is 1. The molecule has 0 aliphatic carbocycles. The normalized spacial score (nSPS) is 11.6. The molecule has 3 aromatic heterocycles. The van der Waals surface area contributed by atoms with E-state index in [-0.39, 0.29) is 17.3 Å². The van der Waals surface area contributed by atoms with Gasteiger partial charge in [0.05, 0.1) is 17.6 Å². The van der Waals surface area contributed by atoms with E-state index in [1.165, 1.54) is 31.6 Å². The molecule has 0 saturated carbocycles. The van der Waals surface area contributed by atoms with Crippen LogP contribution in [0, 0.1) is 5.95 Å². The molecular weight excluding hydrogens is 549 g/mol. The number of hydrogen-bond acceptors (Lipinski definition) is 8. The van der Waals surface area contributed by atoms with Crippen molar-refractivity contribution in [2.45, 2.75) is 19.3 Å². The van der Waals surface area contributed by atoms with Crippen LogP contribution in [0.5, 0.6) is 0 Å². The number of aromatic nitrogens is 4. The Bertz CT molecular complexity index is 1350. The fourth-order valence-corrected chi connectivity index (χ4v) is 2.67. The van der Waals surface area contributed by atoms with Crippen molar-refractivity contribution in [3.05, 3.63) is 36.8 Å². The number of carboxylic acid groups (broad SMARTS) is 2. The van der Waals surface area contributed by atoms with E-state index >= 15 is 0 Å². The molecule has 3 aromatic rings. The lowest BCUT2D eigenvalue weighted by molar-refractivity contribution is -0.193. The Kier molecular flexibility index (Phi) is 9.71. The molecule has 37 heavy (non-hydrogen) atoms. The Balaban J connectivity index is 0.000000404. The maximum atomic E-state index is 13.8. The van der Waals surface area contributed by atoms with Crippen LogP contribution in [0.25, 0.3) is 16.9 Å². The fraction of sp³-hybridized carbons (Fsp3) is 0.235. The van der Waals surface area contributed by atoms with Crippen molar-refractivity contribution in [3.8, 4) is 11.3 Å². The SMILES string of the molecule is CCS(=O)(=O)Nc1cc(-c2cnc3c(N)nccn23)cnc1F.O=C(O)C(F)(F)F.O=C(O)C(F)(F)F. The number of alkyl halides is 6. The van der Waals surface area contributed by atoms with Crippen molar-refractivity contribution in [3.63, 3.8) is 0 Å². The van der Waals surface area contributed by atoms with E-state index in [0.717, 1.165) is 0 Å². The Morgan fingerprint density at radius 1 is 1.03 bits per heavy atom. The van der Waals surface area contributed by atoms with E-state index < -0.39 is 40.3 Å². The lowest BCUT2D eigenvalue weighted by atomic mass is 10.2. The zero-order chi connectivity index (χ0) is 28.8. The zero-order valence-electron chi connectivity index (χ0n) is 18.0. The lowest BCUT2D eigenvalue weighted by Gasteiger charge is -2.08. The van der Waals surface area contributed by atoms with Gasteiger partial charge in [0, 0.05) is 24.2 Å². The van der Waals surface area contributed by atoms with Gasteiger partial charge in [0.1, 0.15) is 5.69 Å². The second-order valence-electron chi connectivity index (χ2n) is 6.32. The third-order valence-corrected chi connectivity index (χ3v) is 5.01. The smallest absolute Gasteiger partial charge is 0.475 e. The van der Waals surface area contributed by atoms with Crippen LogP contribution in [0.2, 0.25) is 0 Å². The number of nitrogens with one attached hydrogen (secondary N) is 1. The average molecular weight is 564 g/mol. The number of anilines is 2. The van der Waals surface area contributed by atoms with Crippen LogP contribution in [-0.2, 0) is 19.6 Å². The van der Waals surface area contributed by atoms with Crippen LogP contribution in [0.4, 0.5) is 42.2 Å². The van der Waals surface area contributed by atoms with Gasteiger partial charge < -0.3 is 15.9 Å². The molecule has 0 fully saturated rings. The summed E-state index contributed by atoms with van der Waals surface area (Å²) in [6, 6.07) is 1.36. The first kappa shape index (κ1) is 30.8. The van der Waals surface area contributed by atoms with Crippen molar-refractivity contribution in [1.82, 2.24) is 19.4 Å². The number of imidazole rings is 1. The van der Waals surface area contributed by atoms with Crippen LogP contribution in [0.1, 0.15) is 6.92 Å². The summed E-state index contributed by atoms with van der Waals surface area (Å²) in [4.78, 5) is 29.5. The first-order chi connectivity index (χ1) is 16.8. The number of nitrogen functional groups attached to an aromatic ring is 1. The Morgan fingerprint density at radius 2 is 1.54 bits per heavy atom. The third kappa shape index (κ3) is 9.05. The minimum absolute atomic E-state index is 0.172. The third-order valence-electron chi connectivity index (χ3n) is 3.72. The highest BCUT2D eigenvalue weighted by Crippen LogP contribution is 2.26. The molecule has 3 heterocycles. The van der Waals surface area contributed by atoms with Gasteiger partial charge in [-0.2, -0.15) is 30.7 Å². The van der Waals surface area contributed by atoms with Gasteiger partial charge in [-0.3, -0.25) is 9.12 Å². The van der Waals surface area contributed by atoms with Crippen molar-refractivity contribution < 1.29 is 59.0 Å². The van der Waals surface area contributed by atoms with Crippen molar-refractivity contribution in [1.29, 1.82) is 0 Å². The number of pyridine rings is 1. The molecule has 0 spiro atoms. The minimum atomic E-state index is -5.08. The second-order valence-corrected chi connectivity index (χ2v) is 8.33. The topological polar surface area (TPSA) is 190 Å². The number of nitrogens with two attached hydrogens (primary N) is 1. The number of hydrogen-bond donors (Lipinski definition) is 4. The average Bonchev–Trinajstić information content (AvgIpc) is 3.20. The van der Waals surface area contributed by atoms with E-state index in [9.17, 15) is 39.2 Å². The zero-order valence-corrected chi connectivity index (χ0v) is 18.9. The Hall–Kier alpha value is -4.23.